The second kappa shape index (κ2) is 7.75. The fourth-order valence-corrected chi connectivity index (χ4v) is 3.03. The summed E-state index contributed by atoms with van der Waals surface area (Å²) in [6.07, 6.45) is 1.58. The van der Waals surface area contributed by atoms with Crippen molar-refractivity contribution in [3.8, 4) is 0 Å². The zero-order valence-corrected chi connectivity index (χ0v) is 12.4. The summed E-state index contributed by atoms with van der Waals surface area (Å²) in [4.78, 5) is 22.7. The van der Waals surface area contributed by atoms with Gasteiger partial charge in [0.2, 0.25) is 5.91 Å². The summed E-state index contributed by atoms with van der Waals surface area (Å²) in [5.41, 5.74) is -0.707. The summed E-state index contributed by atoms with van der Waals surface area (Å²) in [6, 6.07) is 0. The van der Waals surface area contributed by atoms with Gasteiger partial charge in [0.05, 0.1) is 24.3 Å². The fraction of sp³-hybridized carbons (Fsp3) is 0.846. The van der Waals surface area contributed by atoms with E-state index in [9.17, 15) is 9.59 Å². The Bertz CT molecular complexity index is 314. The van der Waals surface area contributed by atoms with E-state index in [2.05, 4.69) is 19.2 Å². The quantitative estimate of drug-likeness (QED) is 0.663. The third-order valence-electron chi connectivity index (χ3n) is 3.07. The normalized spacial score (nSPS) is 22.7. The van der Waals surface area contributed by atoms with Gasteiger partial charge in [0.15, 0.2) is 0 Å². The smallest absolute Gasteiger partial charge is 0.305 e. The number of hydrogen-bond donors (Lipinski definition) is 2. The molecule has 110 valence electrons. The van der Waals surface area contributed by atoms with Gasteiger partial charge >= 0.3 is 5.97 Å². The molecule has 0 aromatic carbocycles. The maximum Gasteiger partial charge on any atom is 0.305 e. The van der Waals surface area contributed by atoms with E-state index in [-0.39, 0.29) is 12.3 Å². The van der Waals surface area contributed by atoms with Crippen LogP contribution in [0.5, 0.6) is 0 Å². The average Bonchev–Trinajstić information content (AvgIpc) is 2.71. The monoisotopic (exact) mass is 289 g/mol. The van der Waals surface area contributed by atoms with Gasteiger partial charge in [-0.2, -0.15) is 11.8 Å². The number of carboxylic acids is 1. The molecule has 1 aliphatic rings. The molecular formula is C13H23NO4S. The van der Waals surface area contributed by atoms with Gasteiger partial charge in [-0.3, -0.25) is 9.59 Å². The van der Waals surface area contributed by atoms with Crippen LogP contribution in [0.25, 0.3) is 0 Å². The van der Waals surface area contributed by atoms with Crippen molar-refractivity contribution in [3.05, 3.63) is 0 Å². The standard InChI is InChI=1S/C13H23NO4S/c1-10(2)3-6-19-8-11(15)14-13(7-12(16)17)4-5-18-9-13/h10H,3-9H2,1-2H3,(H,14,15)(H,16,17). The summed E-state index contributed by atoms with van der Waals surface area (Å²) in [6.45, 7) is 5.10. The molecule has 0 saturated carbocycles. The SMILES string of the molecule is CC(C)CCSCC(=O)NC1(CC(=O)O)CCOC1. The zero-order valence-electron chi connectivity index (χ0n) is 11.6. The van der Waals surface area contributed by atoms with Crippen LogP contribution >= 0.6 is 11.8 Å². The fourth-order valence-electron chi connectivity index (χ4n) is 1.99. The molecule has 1 rings (SSSR count). The summed E-state index contributed by atoms with van der Waals surface area (Å²) < 4.78 is 5.23. The van der Waals surface area contributed by atoms with Gasteiger partial charge in [-0.25, -0.2) is 0 Å². The minimum atomic E-state index is -0.904. The number of hydrogen-bond acceptors (Lipinski definition) is 4. The van der Waals surface area contributed by atoms with Crippen molar-refractivity contribution < 1.29 is 19.4 Å². The summed E-state index contributed by atoms with van der Waals surface area (Å²) in [5.74, 6) is 0.970. The highest BCUT2D eigenvalue weighted by atomic mass is 32.2. The maximum atomic E-state index is 11.8. The van der Waals surface area contributed by atoms with Crippen LogP contribution in [-0.2, 0) is 14.3 Å². The molecule has 5 nitrogen and oxygen atoms in total. The number of rotatable bonds is 8. The number of carbonyl (C=O) groups is 2. The zero-order chi connectivity index (χ0) is 14.3. The van der Waals surface area contributed by atoms with E-state index in [1.165, 1.54) is 0 Å². The summed E-state index contributed by atoms with van der Waals surface area (Å²) in [5, 5.41) is 11.8. The molecule has 6 heteroatoms. The molecular weight excluding hydrogens is 266 g/mol. The number of amides is 1. The third-order valence-corrected chi connectivity index (χ3v) is 4.06. The van der Waals surface area contributed by atoms with Crippen LogP contribution in [0.2, 0.25) is 0 Å². The Kier molecular flexibility index (Phi) is 6.65. The van der Waals surface area contributed by atoms with Crippen molar-refractivity contribution in [1.29, 1.82) is 0 Å². The first-order chi connectivity index (χ1) is 8.93. The third kappa shape index (κ3) is 6.29. The molecule has 1 saturated heterocycles. The molecule has 0 aliphatic carbocycles. The Labute approximate surface area is 118 Å². The summed E-state index contributed by atoms with van der Waals surface area (Å²) in [7, 11) is 0. The van der Waals surface area contributed by atoms with Crippen molar-refractivity contribution in [2.24, 2.45) is 5.92 Å². The van der Waals surface area contributed by atoms with Crippen LogP contribution in [-0.4, -0.2) is 47.2 Å². The lowest BCUT2D eigenvalue weighted by atomic mass is 9.94. The van der Waals surface area contributed by atoms with Gasteiger partial charge in [-0.1, -0.05) is 13.8 Å². The molecule has 1 heterocycles. The van der Waals surface area contributed by atoms with Gasteiger partial charge in [0.25, 0.3) is 0 Å². The minimum absolute atomic E-state index is 0.0740. The van der Waals surface area contributed by atoms with E-state index >= 15 is 0 Å². The van der Waals surface area contributed by atoms with Crippen molar-refractivity contribution >= 4 is 23.6 Å². The first-order valence-electron chi connectivity index (χ1n) is 6.62. The molecule has 1 amide bonds. The van der Waals surface area contributed by atoms with E-state index < -0.39 is 11.5 Å². The Morgan fingerprint density at radius 3 is 2.74 bits per heavy atom. The molecule has 0 bridgehead atoms. The topological polar surface area (TPSA) is 75.6 Å². The molecule has 19 heavy (non-hydrogen) atoms. The van der Waals surface area contributed by atoms with Crippen molar-refractivity contribution in [2.45, 2.75) is 38.6 Å². The second-order valence-corrected chi connectivity index (χ2v) is 6.54. The van der Waals surface area contributed by atoms with E-state index in [0.717, 1.165) is 12.2 Å². The predicted octanol–water partition coefficient (Wildman–Crippen LogP) is 1.52. The molecule has 1 atom stereocenters. The number of thioether (sulfide) groups is 1. The van der Waals surface area contributed by atoms with Gasteiger partial charge in [0, 0.05) is 6.61 Å². The Morgan fingerprint density at radius 1 is 1.47 bits per heavy atom. The largest absolute Gasteiger partial charge is 0.481 e. The van der Waals surface area contributed by atoms with Gasteiger partial charge in [-0.05, 0) is 24.5 Å². The van der Waals surface area contributed by atoms with Crippen LogP contribution in [0, 0.1) is 5.92 Å². The lowest BCUT2D eigenvalue weighted by molar-refractivity contribution is -0.139. The number of aliphatic carboxylic acids is 1. The molecule has 0 spiro atoms. The Morgan fingerprint density at radius 2 is 2.21 bits per heavy atom. The molecule has 0 aromatic rings. The van der Waals surface area contributed by atoms with E-state index in [4.69, 9.17) is 9.84 Å². The van der Waals surface area contributed by atoms with E-state index in [1.54, 1.807) is 11.8 Å². The van der Waals surface area contributed by atoms with Crippen LogP contribution in [0.15, 0.2) is 0 Å². The van der Waals surface area contributed by atoms with Crippen molar-refractivity contribution in [3.63, 3.8) is 0 Å². The average molecular weight is 289 g/mol. The molecule has 0 radical (unpaired) electrons. The maximum absolute atomic E-state index is 11.8. The lowest BCUT2D eigenvalue weighted by Crippen LogP contribution is -2.51. The van der Waals surface area contributed by atoms with Crippen LogP contribution < -0.4 is 5.32 Å². The molecule has 2 N–H and O–H groups in total. The van der Waals surface area contributed by atoms with Crippen LogP contribution in [0.4, 0.5) is 0 Å². The van der Waals surface area contributed by atoms with Gasteiger partial charge in [0.1, 0.15) is 0 Å². The number of ether oxygens (including phenoxy) is 1. The number of carboxylic acid groups (broad SMARTS) is 1. The van der Waals surface area contributed by atoms with Crippen molar-refractivity contribution in [1.82, 2.24) is 5.32 Å². The first-order valence-corrected chi connectivity index (χ1v) is 7.77. The lowest BCUT2D eigenvalue weighted by Gasteiger charge is -2.26. The van der Waals surface area contributed by atoms with E-state index in [1.807, 2.05) is 0 Å². The number of carbonyl (C=O) groups excluding carboxylic acids is 1. The molecule has 1 fully saturated rings. The van der Waals surface area contributed by atoms with Crippen LogP contribution in [0.1, 0.15) is 33.1 Å². The molecule has 1 aliphatic heterocycles. The van der Waals surface area contributed by atoms with Crippen molar-refractivity contribution in [2.75, 3.05) is 24.7 Å². The van der Waals surface area contributed by atoms with Gasteiger partial charge in [-0.15, -0.1) is 0 Å². The molecule has 0 aromatic heterocycles. The number of nitrogens with one attached hydrogen (secondary N) is 1. The predicted molar refractivity (Wildman–Crippen MR) is 75.3 cm³/mol. The van der Waals surface area contributed by atoms with Gasteiger partial charge < -0.3 is 15.2 Å². The molecule has 1 unspecified atom stereocenters. The highest BCUT2D eigenvalue weighted by Gasteiger charge is 2.38. The highest BCUT2D eigenvalue weighted by molar-refractivity contribution is 7.99. The first kappa shape index (κ1) is 16.3. The highest BCUT2D eigenvalue weighted by Crippen LogP contribution is 2.23. The van der Waals surface area contributed by atoms with E-state index in [0.29, 0.717) is 31.3 Å². The minimum Gasteiger partial charge on any atom is -0.481 e. The second-order valence-electron chi connectivity index (χ2n) is 5.44. The summed E-state index contributed by atoms with van der Waals surface area (Å²) >= 11 is 1.59. The Balaban J connectivity index is 2.33. The Hall–Kier alpha value is -0.750. The van der Waals surface area contributed by atoms with Crippen LogP contribution in [0.3, 0.4) is 0 Å².